The lowest BCUT2D eigenvalue weighted by molar-refractivity contribution is 0.0222. The number of nitrogens with zero attached hydrogens (tertiary/aromatic N) is 2. The molecule has 0 aromatic carbocycles. The molecule has 1 aliphatic carbocycles. The van der Waals surface area contributed by atoms with Crippen LogP contribution in [0, 0.1) is 11.8 Å². The van der Waals surface area contributed by atoms with Crippen molar-refractivity contribution < 1.29 is 4.74 Å². The van der Waals surface area contributed by atoms with Crippen molar-refractivity contribution in [2.45, 2.75) is 38.8 Å². The van der Waals surface area contributed by atoms with Gasteiger partial charge in [0.05, 0.1) is 24.8 Å². The highest BCUT2D eigenvalue weighted by atomic mass is 16.5. The quantitative estimate of drug-likeness (QED) is 0.890. The monoisotopic (exact) mass is 249 g/mol. The SMILES string of the molecule is CC1CCCC1Cn1cncc1C1CNCCO1. The van der Waals surface area contributed by atoms with E-state index in [1.165, 1.54) is 25.0 Å². The van der Waals surface area contributed by atoms with E-state index in [1.807, 2.05) is 12.5 Å². The minimum atomic E-state index is 0.179. The van der Waals surface area contributed by atoms with Crippen molar-refractivity contribution in [2.24, 2.45) is 11.8 Å². The van der Waals surface area contributed by atoms with E-state index in [-0.39, 0.29) is 6.10 Å². The third-order valence-electron chi connectivity index (χ3n) is 4.47. The van der Waals surface area contributed by atoms with Gasteiger partial charge in [-0.2, -0.15) is 0 Å². The van der Waals surface area contributed by atoms with Gasteiger partial charge in [0, 0.05) is 19.6 Å². The average Bonchev–Trinajstić information content (AvgIpc) is 3.01. The standard InChI is InChI=1S/C14H23N3O/c1-11-3-2-4-12(11)9-17-10-16-7-13(17)14-8-15-5-6-18-14/h7,10-12,14-15H,2-6,8-9H2,1H3. The summed E-state index contributed by atoms with van der Waals surface area (Å²) in [6.45, 7) is 6.16. The summed E-state index contributed by atoms with van der Waals surface area (Å²) in [6.07, 6.45) is 8.25. The second kappa shape index (κ2) is 5.41. The summed E-state index contributed by atoms with van der Waals surface area (Å²) in [5, 5.41) is 3.39. The maximum atomic E-state index is 5.83. The van der Waals surface area contributed by atoms with Crippen molar-refractivity contribution in [1.29, 1.82) is 0 Å². The molecule has 1 saturated carbocycles. The van der Waals surface area contributed by atoms with Gasteiger partial charge in [-0.15, -0.1) is 0 Å². The number of imidazole rings is 1. The van der Waals surface area contributed by atoms with Crippen molar-refractivity contribution in [1.82, 2.24) is 14.9 Å². The maximum absolute atomic E-state index is 5.83. The van der Waals surface area contributed by atoms with E-state index in [1.54, 1.807) is 0 Å². The summed E-state index contributed by atoms with van der Waals surface area (Å²) in [7, 11) is 0. The van der Waals surface area contributed by atoms with E-state index in [9.17, 15) is 0 Å². The molecule has 1 N–H and O–H groups in total. The molecule has 100 valence electrons. The van der Waals surface area contributed by atoms with E-state index in [0.29, 0.717) is 0 Å². The molecule has 2 fully saturated rings. The Balaban J connectivity index is 1.70. The predicted octanol–water partition coefficient (Wildman–Crippen LogP) is 1.98. The van der Waals surface area contributed by atoms with Crippen molar-refractivity contribution >= 4 is 0 Å². The smallest absolute Gasteiger partial charge is 0.111 e. The van der Waals surface area contributed by atoms with Gasteiger partial charge in [0.1, 0.15) is 6.10 Å². The van der Waals surface area contributed by atoms with Crippen LogP contribution in [0.2, 0.25) is 0 Å². The van der Waals surface area contributed by atoms with Gasteiger partial charge in [0.25, 0.3) is 0 Å². The Labute approximate surface area is 109 Å². The molecule has 0 bridgehead atoms. The molecule has 18 heavy (non-hydrogen) atoms. The number of rotatable bonds is 3. The molecule has 3 atom stereocenters. The Morgan fingerprint density at radius 3 is 3.17 bits per heavy atom. The van der Waals surface area contributed by atoms with Gasteiger partial charge in [-0.25, -0.2) is 4.98 Å². The van der Waals surface area contributed by atoms with Gasteiger partial charge in [-0.3, -0.25) is 0 Å². The third kappa shape index (κ3) is 2.45. The zero-order valence-electron chi connectivity index (χ0n) is 11.1. The van der Waals surface area contributed by atoms with Crippen LogP contribution in [-0.2, 0) is 11.3 Å². The molecule has 1 aromatic rings. The van der Waals surface area contributed by atoms with Crippen LogP contribution in [0.5, 0.6) is 0 Å². The molecule has 4 heteroatoms. The third-order valence-corrected chi connectivity index (χ3v) is 4.47. The average molecular weight is 249 g/mol. The molecule has 4 nitrogen and oxygen atoms in total. The number of ether oxygens (including phenoxy) is 1. The van der Waals surface area contributed by atoms with Crippen LogP contribution in [0.4, 0.5) is 0 Å². The predicted molar refractivity (Wildman–Crippen MR) is 70.3 cm³/mol. The fraction of sp³-hybridized carbons (Fsp3) is 0.786. The summed E-state index contributed by atoms with van der Waals surface area (Å²) in [5.41, 5.74) is 1.24. The van der Waals surface area contributed by atoms with Crippen molar-refractivity contribution in [3.63, 3.8) is 0 Å². The van der Waals surface area contributed by atoms with Crippen molar-refractivity contribution in [2.75, 3.05) is 19.7 Å². The van der Waals surface area contributed by atoms with Crippen molar-refractivity contribution in [3.8, 4) is 0 Å². The van der Waals surface area contributed by atoms with E-state index >= 15 is 0 Å². The molecule has 1 aromatic heterocycles. The largest absolute Gasteiger partial charge is 0.369 e. The molecule has 2 heterocycles. The Morgan fingerprint density at radius 2 is 2.44 bits per heavy atom. The number of aromatic nitrogens is 2. The summed E-state index contributed by atoms with van der Waals surface area (Å²) in [5.74, 6) is 1.67. The number of hydrogen-bond donors (Lipinski definition) is 1. The summed E-state index contributed by atoms with van der Waals surface area (Å²) >= 11 is 0. The molecule has 3 unspecified atom stereocenters. The first-order valence-electron chi connectivity index (χ1n) is 7.17. The number of nitrogens with one attached hydrogen (secondary N) is 1. The Kier molecular flexibility index (Phi) is 3.66. The van der Waals surface area contributed by atoms with Gasteiger partial charge in [0.15, 0.2) is 0 Å². The van der Waals surface area contributed by atoms with Crippen LogP contribution in [0.25, 0.3) is 0 Å². The van der Waals surface area contributed by atoms with Gasteiger partial charge in [0.2, 0.25) is 0 Å². The topological polar surface area (TPSA) is 39.1 Å². The summed E-state index contributed by atoms with van der Waals surface area (Å²) < 4.78 is 8.14. The Morgan fingerprint density at radius 1 is 1.50 bits per heavy atom. The van der Waals surface area contributed by atoms with Crippen LogP contribution < -0.4 is 5.32 Å². The van der Waals surface area contributed by atoms with Crippen LogP contribution in [0.3, 0.4) is 0 Å². The minimum Gasteiger partial charge on any atom is -0.369 e. The van der Waals surface area contributed by atoms with Crippen LogP contribution >= 0.6 is 0 Å². The lowest BCUT2D eigenvalue weighted by atomic mass is 9.98. The lowest BCUT2D eigenvalue weighted by Gasteiger charge is -2.26. The fourth-order valence-electron chi connectivity index (χ4n) is 3.25. The number of morpholine rings is 1. The molecule has 0 spiro atoms. The second-order valence-electron chi connectivity index (χ2n) is 5.70. The summed E-state index contributed by atoms with van der Waals surface area (Å²) in [4.78, 5) is 4.32. The zero-order chi connectivity index (χ0) is 12.4. The van der Waals surface area contributed by atoms with Crippen LogP contribution in [-0.4, -0.2) is 29.2 Å². The molecular weight excluding hydrogens is 226 g/mol. The highest BCUT2D eigenvalue weighted by molar-refractivity contribution is 5.05. The van der Waals surface area contributed by atoms with Crippen molar-refractivity contribution in [3.05, 3.63) is 18.2 Å². The van der Waals surface area contributed by atoms with Crippen LogP contribution in [0.15, 0.2) is 12.5 Å². The van der Waals surface area contributed by atoms with E-state index in [2.05, 4.69) is 21.8 Å². The first-order valence-corrected chi connectivity index (χ1v) is 7.17. The number of hydrogen-bond acceptors (Lipinski definition) is 3. The second-order valence-corrected chi connectivity index (χ2v) is 5.70. The normalized spacial score (nSPS) is 32.8. The highest BCUT2D eigenvalue weighted by Gasteiger charge is 2.26. The summed E-state index contributed by atoms with van der Waals surface area (Å²) in [6, 6.07) is 0. The molecule has 1 aliphatic heterocycles. The lowest BCUT2D eigenvalue weighted by Crippen LogP contribution is -2.34. The molecule has 0 radical (unpaired) electrons. The zero-order valence-corrected chi connectivity index (χ0v) is 11.1. The van der Waals surface area contributed by atoms with Gasteiger partial charge in [-0.05, 0) is 18.3 Å². The Hall–Kier alpha value is -0.870. The highest BCUT2D eigenvalue weighted by Crippen LogP contribution is 2.33. The van der Waals surface area contributed by atoms with Gasteiger partial charge in [-0.1, -0.05) is 19.8 Å². The molecule has 2 aliphatic rings. The molecule has 3 rings (SSSR count). The first kappa shape index (κ1) is 12.2. The first-order chi connectivity index (χ1) is 8.84. The molecular formula is C14H23N3O. The van der Waals surface area contributed by atoms with E-state index < -0.39 is 0 Å². The van der Waals surface area contributed by atoms with Gasteiger partial charge >= 0.3 is 0 Å². The fourth-order valence-corrected chi connectivity index (χ4v) is 3.25. The minimum absolute atomic E-state index is 0.179. The molecule has 0 amide bonds. The van der Waals surface area contributed by atoms with E-state index in [4.69, 9.17) is 4.74 Å². The van der Waals surface area contributed by atoms with Gasteiger partial charge < -0.3 is 14.6 Å². The molecule has 1 saturated heterocycles. The maximum Gasteiger partial charge on any atom is 0.111 e. The van der Waals surface area contributed by atoms with Crippen LogP contribution in [0.1, 0.15) is 38.0 Å². The van der Waals surface area contributed by atoms with E-state index in [0.717, 1.165) is 38.1 Å². The Bertz CT molecular complexity index is 384.